The smallest absolute Gasteiger partial charge is 0.0929 e. The van der Waals surface area contributed by atoms with E-state index in [9.17, 15) is 0 Å². The topological polar surface area (TPSA) is 16.1 Å². The van der Waals surface area contributed by atoms with Gasteiger partial charge in [-0.2, -0.15) is 11.8 Å². The van der Waals surface area contributed by atoms with Crippen LogP contribution in [0.2, 0.25) is 0 Å². The monoisotopic (exact) mass is 306 g/mol. The predicted octanol–water partition coefficient (Wildman–Crippen LogP) is 3.89. The molecule has 0 amide bonds. The van der Waals surface area contributed by atoms with Gasteiger partial charge in [0.1, 0.15) is 0 Å². The van der Waals surface area contributed by atoms with Crippen LogP contribution in [0.5, 0.6) is 0 Å². The van der Waals surface area contributed by atoms with Crippen molar-refractivity contribution in [2.24, 2.45) is 0 Å². The summed E-state index contributed by atoms with van der Waals surface area (Å²) >= 11 is 9.41. The molecule has 0 N–H and O–H groups in total. The Balaban J connectivity index is 2.20. The summed E-state index contributed by atoms with van der Waals surface area (Å²) in [7, 11) is 2.22. The highest BCUT2D eigenvalue weighted by atomic mass is 35.5. The Hall–Kier alpha value is 0.230. The van der Waals surface area contributed by atoms with Gasteiger partial charge in [-0.05, 0) is 45.4 Å². The third kappa shape index (κ3) is 5.91. The van der Waals surface area contributed by atoms with Gasteiger partial charge in [0.25, 0.3) is 0 Å². The highest BCUT2D eigenvalue weighted by molar-refractivity contribution is 7.98. The Kier molecular flexibility index (Phi) is 8.31. The standard InChI is InChI=1S/C13H23ClN2S2/c1-11(6-8-17-3)16(2)7-4-5-13-15-12(9-14)10-18-13/h10-11H,4-9H2,1-3H3. The average Bonchev–Trinajstić information content (AvgIpc) is 2.83. The molecule has 0 aliphatic rings. The van der Waals surface area contributed by atoms with Crippen LogP contribution in [-0.2, 0) is 12.3 Å². The Morgan fingerprint density at radius 3 is 2.94 bits per heavy atom. The van der Waals surface area contributed by atoms with E-state index in [1.54, 1.807) is 11.3 Å². The van der Waals surface area contributed by atoms with Gasteiger partial charge in [-0.3, -0.25) is 0 Å². The van der Waals surface area contributed by atoms with Gasteiger partial charge < -0.3 is 4.90 Å². The van der Waals surface area contributed by atoms with Crippen molar-refractivity contribution in [3.8, 4) is 0 Å². The number of halogens is 1. The van der Waals surface area contributed by atoms with Crippen molar-refractivity contribution in [2.45, 2.75) is 38.1 Å². The number of thioether (sulfide) groups is 1. The van der Waals surface area contributed by atoms with Gasteiger partial charge in [0.2, 0.25) is 0 Å². The molecule has 0 fully saturated rings. The number of nitrogens with zero attached hydrogens (tertiary/aromatic N) is 2. The van der Waals surface area contributed by atoms with Crippen LogP contribution in [0.15, 0.2) is 5.38 Å². The van der Waals surface area contributed by atoms with E-state index in [0.717, 1.165) is 18.7 Å². The van der Waals surface area contributed by atoms with Gasteiger partial charge in [0, 0.05) is 17.8 Å². The largest absolute Gasteiger partial charge is 0.304 e. The lowest BCUT2D eigenvalue weighted by atomic mass is 10.2. The summed E-state index contributed by atoms with van der Waals surface area (Å²) < 4.78 is 0. The molecule has 1 unspecified atom stereocenters. The van der Waals surface area contributed by atoms with Crippen LogP contribution in [0.25, 0.3) is 0 Å². The summed E-state index contributed by atoms with van der Waals surface area (Å²) in [6.45, 7) is 3.45. The lowest BCUT2D eigenvalue weighted by Gasteiger charge is -2.24. The molecule has 104 valence electrons. The van der Waals surface area contributed by atoms with Crippen LogP contribution < -0.4 is 0 Å². The molecule has 1 atom stereocenters. The number of aryl methyl sites for hydroxylation is 1. The lowest BCUT2D eigenvalue weighted by molar-refractivity contribution is 0.250. The molecule has 0 aliphatic heterocycles. The zero-order valence-electron chi connectivity index (χ0n) is 11.5. The van der Waals surface area contributed by atoms with Crippen molar-refractivity contribution < 1.29 is 0 Å². The summed E-state index contributed by atoms with van der Waals surface area (Å²) in [5.41, 5.74) is 1.01. The van der Waals surface area contributed by atoms with Gasteiger partial charge in [-0.15, -0.1) is 22.9 Å². The summed E-state index contributed by atoms with van der Waals surface area (Å²) in [6, 6.07) is 0.673. The minimum absolute atomic E-state index is 0.530. The Labute approximate surface area is 124 Å². The predicted molar refractivity (Wildman–Crippen MR) is 85.1 cm³/mol. The van der Waals surface area contributed by atoms with Crippen molar-refractivity contribution in [1.29, 1.82) is 0 Å². The van der Waals surface area contributed by atoms with Crippen LogP contribution in [0, 0.1) is 0 Å². The molecule has 0 spiro atoms. The van der Waals surface area contributed by atoms with Crippen molar-refractivity contribution in [3.63, 3.8) is 0 Å². The minimum atomic E-state index is 0.530. The molecule has 0 saturated heterocycles. The number of thiazole rings is 1. The van der Waals surface area contributed by atoms with E-state index in [4.69, 9.17) is 11.6 Å². The number of hydrogen-bond acceptors (Lipinski definition) is 4. The van der Waals surface area contributed by atoms with E-state index >= 15 is 0 Å². The molecule has 18 heavy (non-hydrogen) atoms. The second kappa shape index (κ2) is 9.18. The van der Waals surface area contributed by atoms with Crippen molar-refractivity contribution >= 4 is 34.7 Å². The molecule has 0 aromatic carbocycles. The molecule has 1 aromatic heterocycles. The molecule has 1 rings (SSSR count). The summed E-state index contributed by atoms with van der Waals surface area (Å²) in [5, 5.41) is 3.28. The van der Waals surface area contributed by atoms with E-state index in [1.807, 2.05) is 11.8 Å². The first kappa shape index (κ1) is 16.3. The van der Waals surface area contributed by atoms with E-state index in [-0.39, 0.29) is 0 Å². The lowest BCUT2D eigenvalue weighted by Crippen LogP contribution is -2.30. The molecule has 1 aromatic rings. The number of aromatic nitrogens is 1. The number of alkyl halides is 1. The van der Waals surface area contributed by atoms with Gasteiger partial charge >= 0.3 is 0 Å². The SMILES string of the molecule is CSCCC(C)N(C)CCCc1nc(CCl)cs1. The van der Waals surface area contributed by atoms with Crippen LogP contribution >= 0.6 is 34.7 Å². The molecule has 0 saturated carbocycles. The second-order valence-corrected chi connectivity index (χ2v) is 6.78. The third-order valence-corrected chi connectivity index (χ3v) is 5.01. The molecule has 1 heterocycles. The van der Waals surface area contributed by atoms with Crippen LogP contribution in [0.1, 0.15) is 30.5 Å². The summed E-state index contributed by atoms with van der Waals surface area (Å²) in [6.07, 6.45) is 5.69. The highest BCUT2D eigenvalue weighted by Crippen LogP contribution is 2.14. The first-order valence-corrected chi connectivity index (χ1v) is 9.16. The Morgan fingerprint density at radius 1 is 1.56 bits per heavy atom. The number of rotatable bonds is 9. The third-order valence-electron chi connectivity index (χ3n) is 3.13. The van der Waals surface area contributed by atoms with Gasteiger partial charge in [-0.25, -0.2) is 4.98 Å². The maximum Gasteiger partial charge on any atom is 0.0929 e. The first-order chi connectivity index (χ1) is 8.67. The van der Waals surface area contributed by atoms with Crippen molar-refractivity contribution in [1.82, 2.24) is 9.88 Å². The summed E-state index contributed by atoms with van der Waals surface area (Å²) in [4.78, 5) is 6.94. The van der Waals surface area contributed by atoms with Crippen molar-refractivity contribution in [2.75, 3.05) is 25.6 Å². The molecular formula is C13H23ClN2S2. The van der Waals surface area contributed by atoms with Gasteiger partial charge in [-0.1, -0.05) is 0 Å². The number of hydrogen-bond donors (Lipinski definition) is 0. The van der Waals surface area contributed by atoms with E-state index in [0.29, 0.717) is 11.9 Å². The van der Waals surface area contributed by atoms with Crippen LogP contribution in [0.4, 0.5) is 0 Å². The van der Waals surface area contributed by atoms with Crippen LogP contribution in [0.3, 0.4) is 0 Å². The zero-order chi connectivity index (χ0) is 13.4. The summed E-state index contributed by atoms with van der Waals surface area (Å²) in [5.74, 6) is 1.78. The Morgan fingerprint density at radius 2 is 2.33 bits per heavy atom. The molecule has 2 nitrogen and oxygen atoms in total. The van der Waals surface area contributed by atoms with E-state index in [1.165, 1.54) is 23.6 Å². The van der Waals surface area contributed by atoms with Crippen LogP contribution in [-0.4, -0.2) is 41.5 Å². The normalized spacial score (nSPS) is 13.2. The fourth-order valence-electron chi connectivity index (χ4n) is 1.73. The van der Waals surface area contributed by atoms with Crippen molar-refractivity contribution in [3.05, 3.63) is 16.1 Å². The van der Waals surface area contributed by atoms with E-state index < -0.39 is 0 Å². The fourth-order valence-corrected chi connectivity index (χ4v) is 3.38. The quantitative estimate of drug-likeness (QED) is 0.644. The maximum absolute atomic E-state index is 5.75. The second-order valence-electron chi connectivity index (χ2n) is 4.58. The fraction of sp³-hybridized carbons (Fsp3) is 0.769. The Bertz CT molecular complexity index is 331. The average molecular weight is 307 g/mol. The molecular weight excluding hydrogens is 284 g/mol. The molecule has 0 radical (unpaired) electrons. The highest BCUT2D eigenvalue weighted by Gasteiger charge is 2.08. The molecule has 0 aliphatic carbocycles. The van der Waals surface area contributed by atoms with Gasteiger partial charge in [0.05, 0.1) is 16.6 Å². The minimum Gasteiger partial charge on any atom is -0.304 e. The first-order valence-electron chi connectivity index (χ1n) is 6.35. The van der Waals surface area contributed by atoms with Gasteiger partial charge in [0.15, 0.2) is 0 Å². The molecule has 0 bridgehead atoms. The molecule has 5 heteroatoms. The maximum atomic E-state index is 5.75. The zero-order valence-corrected chi connectivity index (χ0v) is 13.9. The van der Waals surface area contributed by atoms with E-state index in [2.05, 4.69) is 35.5 Å².